The Hall–Kier alpha value is -2.24. The number of ether oxygens (including phenoxy) is 2. The van der Waals surface area contributed by atoms with Crippen LogP contribution in [0.5, 0.6) is 11.5 Å². The van der Waals surface area contributed by atoms with Gasteiger partial charge < -0.3 is 19.3 Å². The highest BCUT2D eigenvalue weighted by atomic mass is 16.5. The summed E-state index contributed by atoms with van der Waals surface area (Å²) < 4.78 is 10.6. The molecule has 0 saturated carbocycles. The summed E-state index contributed by atoms with van der Waals surface area (Å²) >= 11 is 0. The van der Waals surface area contributed by atoms with E-state index in [9.17, 15) is 9.59 Å². The normalized spacial score (nSPS) is 22.0. The van der Waals surface area contributed by atoms with E-state index in [0.29, 0.717) is 37.4 Å². The molecule has 0 aliphatic carbocycles. The van der Waals surface area contributed by atoms with Crippen LogP contribution in [0, 0.1) is 5.41 Å². The maximum atomic E-state index is 12.8. The minimum Gasteiger partial charge on any atom is -0.493 e. The van der Waals surface area contributed by atoms with Crippen molar-refractivity contribution in [3.05, 3.63) is 23.8 Å². The van der Waals surface area contributed by atoms with Crippen molar-refractivity contribution >= 4 is 11.8 Å². The lowest BCUT2D eigenvalue weighted by Crippen LogP contribution is -2.38. The van der Waals surface area contributed by atoms with Crippen LogP contribution in [0.1, 0.15) is 38.2 Å². The smallest absolute Gasteiger partial charge is 0.230 e. The van der Waals surface area contributed by atoms with Crippen LogP contribution in [0.4, 0.5) is 0 Å². The number of carbonyl (C=O) groups excluding carboxylic acids is 2. The SMILES string of the molecule is CCCN1CCC2(CCN(C(=O)CCc3ccc(OC)c(OC)c3)C2)C1=O. The zero-order valence-electron chi connectivity index (χ0n) is 16.6. The van der Waals surface area contributed by atoms with E-state index in [0.717, 1.165) is 37.9 Å². The number of carbonyl (C=O) groups is 2. The summed E-state index contributed by atoms with van der Waals surface area (Å²) in [6.07, 6.45) is 3.76. The summed E-state index contributed by atoms with van der Waals surface area (Å²) in [5.41, 5.74) is 0.717. The predicted octanol–water partition coefficient (Wildman–Crippen LogP) is 2.50. The van der Waals surface area contributed by atoms with Gasteiger partial charge in [0.2, 0.25) is 11.8 Å². The third-order valence-corrected chi connectivity index (χ3v) is 5.88. The van der Waals surface area contributed by atoms with Crippen LogP contribution < -0.4 is 9.47 Å². The zero-order chi connectivity index (χ0) is 19.4. The molecule has 6 heteroatoms. The van der Waals surface area contributed by atoms with Gasteiger partial charge in [-0.2, -0.15) is 0 Å². The van der Waals surface area contributed by atoms with Crippen molar-refractivity contribution in [3.63, 3.8) is 0 Å². The number of benzene rings is 1. The van der Waals surface area contributed by atoms with Gasteiger partial charge in [-0.1, -0.05) is 13.0 Å². The van der Waals surface area contributed by atoms with E-state index >= 15 is 0 Å². The van der Waals surface area contributed by atoms with Gasteiger partial charge in [-0.25, -0.2) is 0 Å². The first-order chi connectivity index (χ1) is 13.0. The van der Waals surface area contributed by atoms with Crippen LogP contribution in [0.3, 0.4) is 0 Å². The van der Waals surface area contributed by atoms with Crippen LogP contribution >= 0.6 is 0 Å². The second kappa shape index (κ2) is 8.19. The van der Waals surface area contributed by atoms with Gasteiger partial charge in [-0.3, -0.25) is 9.59 Å². The molecule has 2 aliphatic rings. The highest BCUT2D eigenvalue weighted by molar-refractivity contribution is 5.87. The van der Waals surface area contributed by atoms with E-state index in [1.807, 2.05) is 28.0 Å². The Morgan fingerprint density at radius 2 is 1.89 bits per heavy atom. The van der Waals surface area contributed by atoms with Crippen molar-refractivity contribution in [3.8, 4) is 11.5 Å². The number of methoxy groups -OCH3 is 2. The van der Waals surface area contributed by atoms with Gasteiger partial charge in [0.25, 0.3) is 0 Å². The van der Waals surface area contributed by atoms with Crippen molar-refractivity contribution in [2.24, 2.45) is 5.41 Å². The fourth-order valence-corrected chi connectivity index (χ4v) is 4.29. The first-order valence-electron chi connectivity index (χ1n) is 9.81. The fourth-order valence-electron chi connectivity index (χ4n) is 4.29. The van der Waals surface area contributed by atoms with E-state index in [1.54, 1.807) is 14.2 Å². The molecule has 1 aromatic carbocycles. The van der Waals surface area contributed by atoms with Gasteiger partial charge in [0.15, 0.2) is 11.5 Å². The van der Waals surface area contributed by atoms with Crippen LogP contribution in [0.2, 0.25) is 0 Å². The van der Waals surface area contributed by atoms with Gasteiger partial charge >= 0.3 is 0 Å². The molecule has 6 nitrogen and oxygen atoms in total. The molecule has 2 heterocycles. The second-order valence-electron chi connectivity index (χ2n) is 7.58. The molecule has 2 aliphatic heterocycles. The van der Waals surface area contributed by atoms with Crippen molar-refractivity contribution in [1.82, 2.24) is 9.80 Å². The number of amides is 2. The van der Waals surface area contributed by atoms with Crippen molar-refractivity contribution in [2.45, 2.75) is 39.0 Å². The third kappa shape index (κ3) is 3.89. The number of likely N-dealkylation sites (tertiary alicyclic amines) is 2. The highest BCUT2D eigenvalue weighted by Gasteiger charge is 2.51. The fraction of sp³-hybridized carbons (Fsp3) is 0.619. The average molecular weight is 374 g/mol. The first kappa shape index (κ1) is 19.5. The van der Waals surface area contributed by atoms with E-state index in [1.165, 1.54) is 0 Å². The molecule has 27 heavy (non-hydrogen) atoms. The van der Waals surface area contributed by atoms with Crippen LogP contribution in [0.25, 0.3) is 0 Å². The summed E-state index contributed by atoms with van der Waals surface area (Å²) in [7, 11) is 3.22. The summed E-state index contributed by atoms with van der Waals surface area (Å²) in [6, 6.07) is 5.74. The van der Waals surface area contributed by atoms with Gasteiger partial charge in [0.1, 0.15) is 0 Å². The number of aryl methyl sites for hydroxylation is 1. The molecule has 3 rings (SSSR count). The molecule has 0 bridgehead atoms. The lowest BCUT2D eigenvalue weighted by atomic mass is 9.85. The number of hydrogen-bond donors (Lipinski definition) is 0. The molecular weight excluding hydrogens is 344 g/mol. The molecule has 1 aromatic rings. The molecule has 148 valence electrons. The Bertz CT molecular complexity index is 705. The van der Waals surface area contributed by atoms with E-state index in [2.05, 4.69) is 6.92 Å². The Kier molecular flexibility index (Phi) is 5.92. The summed E-state index contributed by atoms with van der Waals surface area (Å²) in [5.74, 6) is 1.74. The number of hydrogen-bond acceptors (Lipinski definition) is 4. The van der Waals surface area contributed by atoms with Crippen LogP contribution in [-0.4, -0.2) is 62.0 Å². The number of nitrogens with zero attached hydrogens (tertiary/aromatic N) is 2. The van der Waals surface area contributed by atoms with Crippen molar-refractivity contribution in [2.75, 3.05) is 40.4 Å². The van der Waals surface area contributed by atoms with Crippen molar-refractivity contribution < 1.29 is 19.1 Å². The lowest BCUT2D eigenvalue weighted by molar-refractivity contribution is -0.136. The van der Waals surface area contributed by atoms with Crippen LogP contribution in [0.15, 0.2) is 18.2 Å². The first-order valence-corrected chi connectivity index (χ1v) is 9.81. The molecule has 1 atom stereocenters. The molecule has 1 unspecified atom stereocenters. The number of rotatable bonds is 7. The maximum Gasteiger partial charge on any atom is 0.230 e. The molecule has 2 amide bonds. The predicted molar refractivity (Wildman–Crippen MR) is 103 cm³/mol. The average Bonchev–Trinajstić information content (AvgIpc) is 3.26. The van der Waals surface area contributed by atoms with E-state index in [-0.39, 0.29) is 17.2 Å². The second-order valence-corrected chi connectivity index (χ2v) is 7.58. The van der Waals surface area contributed by atoms with Crippen molar-refractivity contribution in [1.29, 1.82) is 0 Å². The molecule has 2 saturated heterocycles. The van der Waals surface area contributed by atoms with E-state index in [4.69, 9.17) is 9.47 Å². The third-order valence-electron chi connectivity index (χ3n) is 5.88. The summed E-state index contributed by atoms with van der Waals surface area (Å²) in [5, 5.41) is 0. The van der Waals surface area contributed by atoms with Gasteiger partial charge in [0.05, 0.1) is 19.6 Å². The minimum atomic E-state index is -0.325. The molecule has 1 spiro atoms. The molecule has 2 fully saturated rings. The van der Waals surface area contributed by atoms with Gasteiger partial charge in [-0.05, 0) is 43.4 Å². The van der Waals surface area contributed by atoms with E-state index < -0.39 is 0 Å². The Labute approximate surface area is 161 Å². The maximum absolute atomic E-state index is 12.8. The minimum absolute atomic E-state index is 0.128. The quantitative estimate of drug-likeness (QED) is 0.736. The van der Waals surface area contributed by atoms with Crippen LogP contribution in [-0.2, 0) is 16.0 Å². The highest BCUT2D eigenvalue weighted by Crippen LogP contribution is 2.41. The van der Waals surface area contributed by atoms with Gasteiger partial charge in [-0.15, -0.1) is 0 Å². The molecule has 0 N–H and O–H groups in total. The molecular formula is C21H30N2O4. The molecule has 0 radical (unpaired) electrons. The monoisotopic (exact) mass is 374 g/mol. The standard InChI is InChI=1S/C21H30N2O4/c1-4-11-22-12-9-21(20(22)25)10-13-23(15-21)19(24)8-6-16-5-7-17(26-2)18(14-16)27-3/h5,7,14H,4,6,8-13,15H2,1-3H3. The summed E-state index contributed by atoms with van der Waals surface area (Å²) in [6.45, 7) is 5.03. The molecule has 0 aromatic heterocycles. The zero-order valence-corrected chi connectivity index (χ0v) is 16.6. The lowest BCUT2D eigenvalue weighted by Gasteiger charge is -2.23. The largest absolute Gasteiger partial charge is 0.493 e. The Morgan fingerprint density at radius 1 is 1.15 bits per heavy atom. The Morgan fingerprint density at radius 3 is 2.59 bits per heavy atom. The Balaban J connectivity index is 1.56. The topological polar surface area (TPSA) is 59.1 Å². The van der Waals surface area contributed by atoms with Gasteiger partial charge in [0, 0.05) is 32.6 Å². The summed E-state index contributed by atoms with van der Waals surface area (Å²) in [4.78, 5) is 29.3.